The second kappa shape index (κ2) is 9.02. The summed E-state index contributed by atoms with van der Waals surface area (Å²) in [7, 11) is 6.03. The maximum Gasteiger partial charge on any atom is 0.191 e. The highest BCUT2D eigenvalue weighted by Crippen LogP contribution is 2.11. The minimum atomic E-state index is 0.585. The normalized spacial score (nSPS) is 11.8. The molecule has 0 aliphatic carbocycles. The molecule has 7 heteroatoms. The molecule has 24 heavy (non-hydrogen) atoms. The first kappa shape index (κ1) is 17.9. The van der Waals surface area contributed by atoms with Crippen LogP contribution in [0.2, 0.25) is 0 Å². The molecule has 0 amide bonds. The van der Waals surface area contributed by atoms with Crippen molar-refractivity contribution in [3.05, 3.63) is 47.5 Å². The molecule has 1 aromatic heterocycles. The molecule has 2 aromatic rings. The number of nitrogens with one attached hydrogen (secondary N) is 2. The van der Waals surface area contributed by atoms with Crippen LogP contribution in [0.5, 0.6) is 0 Å². The van der Waals surface area contributed by atoms with Crippen molar-refractivity contribution < 1.29 is 0 Å². The quantitative estimate of drug-likeness (QED) is 0.589. The number of hydrogen-bond acceptors (Lipinski definition) is 4. The first-order valence-corrected chi connectivity index (χ1v) is 8.16. The molecule has 2 rings (SSSR count). The van der Waals surface area contributed by atoms with Crippen LogP contribution in [0, 0.1) is 0 Å². The van der Waals surface area contributed by atoms with Gasteiger partial charge >= 0.3 is 0 Å². The van der Waals surface area contributed by atoms with E-state index in [-0.39, 0.29) is 0 Å². The molecule has 0 spiro atoms. The van der Waals surface area contributed by atoms with Crippen LogP contribution in [-0.4, -0.2) is 46.3 Å². The second-order valence-electron chi connectivity index (χ2n) is 5.86. The van der Waals surface area contributed by atoms with Gasteiger partial charge in [-0.25, -0.2) is 9.98 Å². The van der Waals surface area contributed by atoms with Crippen LogP contribution < -0.4 is 10.6 Å². The van der Waals surface area contributed by atoms with E-state index in [1.807, 2.05) is 7.05 Å². The van der Waals surface area contributed by atoms with Gasteiger partial charge in [0.05, 0.1) is 13.1 Å². The molecule has 0 saturated heterocycles. The van der Waals surface area contributed by atoms with E-state index in [9.17, 15) is 0 Å². The van der Waals surface area contributed by atoms with E-state index in [2.05, 4.69) is 70.9 Å². The molecule has 2 N–H and O–H groups in total. The Hall–Kier alpha value is -2.41. The smallest absolute Gasteiger partial charge is 0.191 e. The molecule has 0 saturated carbocycles. The van der Waals surface area contributed by atoms with Gasteiger partial charge in [-0.2, -0.15) is 5.10 Å². The predicted molar refractivity (Wildman–Crippen MR) is 96.5 cm³/mol. The maximum absolute atomic E-state index is 4.70. The third kappa shape index (κ3) is 5.34. The Labute approximate surface area is 143 Å². The number of aromatic nitrogens is 3. The predicted octanol–water partition coefficient (Wildman–Crippen LogP) is 1.13. The van der Waals surface area contributed by atoms with Crippen molar-refractivity contribution in [2.24, 2.45) is 12.0 Å². The van der Waals surface area contributed by atoms with Crippen LogP contribution in [0.4, 0.5) is 0 Å². The van der Waals surface area contributed by atoms with E-state index in [0.717, 1.165) is 24.9 Å². The lowest BCUT2D eigenvalue weighted by Gasteiger charge is -2.14. The Morgan fingerprint density at radius 3 is 2.58 bits per heavy atom. The summed E-state index contributed by atoms with van der Waals surface area (Å²) >= 11 is 0. The van der Waals surface area contributed by atoms with Crippen LogP contribution >= 0.6 is 0 Å². The van der Waals surface area contributed by atoms with E-state index < -0.39 is 0 Å². The van der Waals surface area contributed by atoms with Crippen molar-refractivity contribution in [1.82, 2.24) is 30.3 Å². The van der Waals surface area contributed by atoms with Gasteiger partial charge in [0.15, 0.2) is 5.96 Å². The van der Waals surface area contributed by atoms with Crippen molar-refractivity contribution in [3.8, 4) is 0 Å². The van der Waals surface area contributed by atoms with E-state index in [0.29, 0.717) is 13.1 Å². The van der Waals surface area contributed by atoms with Crippen LogP contribution in [0.1, 0.15) is 23.9 Å². The average molecular weight is 329 g/mol. The number of benzene rings is 1. The van der Waals surface area contributed by atoms with Crippen molar-refractivity contribution in [3.63, 3.8) is 0 Å². The highest BCUT2D eigenvalue weighted by atomic mass is 15.3. The van der Waals surface area contributed by atoms with Crippen LogP contribution in [-0.2, 0) is 26.7 Å². The molecule has 1 heterocycles. The van der Waals surface area contributed by atoms with Gasteiger partial charge in [0.25, 0.3) is 0 Å². The topological polar surface area (TPSA) is 70.4 Å². The lowest BCUT2D eigenvalue weighted by molar-refractivity contribution is 0.401. The van der Waals surface area contributed by atoms with E-state index >= 15 is 0 Å². The number of guanidine groups is 1. The summed E-state index contributed by atoms with van der Waals surface area (Å²) in [6.07, 6.45) is 1.55. The van der Waals surface area contributed by atoms with Gasteiger partial charge in [0.2, 0.25) is 0 Å². The van der Waals surface area contributed by atoms with Gasteiger partial charge in [-0.1, -0.05) is 24.3 Å². The molecular formula is C17H27N7. The number of aryl methyl sites for hydroxylation is 1. The molecule has 0 radical (unpaired) electrons. The first-order valence-electron chi connectivity index (χ1n) is 8.16. The first-order chi connectivity index (χ1) is 11.6. The maximum atomic E-state index is 4.70. The molecule has 130 valence electrons. The van der Waals surface area contributed by atoms with Gasteiger partial charge in [-0.05, 0) is 32.1 Å². The largest absolute Gasteiger partial charge is 0.357 e. The SMILES string of the molecule is CCNC(=NCc1ccccc1CN(C)C)NCc1ncnn1C. The van der Waals surface area contributed by atoms with Crippen LogP contribution in [0.15, 0.2) is 35.6 Å². The molecule has 0 atom stereocenters. The Morgan fingerprint density at radius 2 is 1.96 bits per heavy atom. The van der Waals surface area contributed by atoms with Crippen molar-refractivity contribution in [2.75, 3.05) is 20.6 Å². The molecule has 1 aromatic carbocycles. The Balaban J connectivity index is 2.04. The summed E-state index contributed by atoms with van der Waals surface area (Å²) < 4.78 is 1.75. The lowest BCUT2D eigenvalue weighted by atomic mass is 10.1. The zero-order valence-electron chi connectivity index (χ0n) is 15.0. The number of hydrogen-bond donors (Lipinski definition) is 2. The zero-order chi connectivity index (χ0) is 17.4. The van der Waals surface area contributed by atoms with Gasteiger partial charge < -0.3 is 15.5 Å². The van der Waals surface area contributed by atoms with Gasteiger partial charge in [0, 0.05) is 20.1 Å². The van der Waals surface area contributed by atoms with Crippen molar-refractivity contribution in [2.45, 2.75) is 26.6 Å². The third-order valence-corrected chi connectivity index (χ3v) is 3.58. The van der Waals surface area contributed by atoms with Crippen LogP contribution in [0.3, 0.4) is 0 Å². The standard InChI is InChI=1S/C17H27N7/c1-5-18-17(20-11-16-21-13-22-24(16)4)19-10-14-8-6-7-9-15(14)12-23(2)3/h6-9,13H,5,10-12H2,1-4H3,(H2,18,19,20). The number of nitrogens with zero attached hydrogens (tertiary/aromatic N) is 5. The van der Waals surface area contributed by atoms with Crippen molar-refractivity contribution in [1.29, 1.82) is 0 Å². The molecule has 7 nitrogen and oxygen atoms in total. The third-order valence-electron chi connectivity index (χ3n) is 3.58. The Kier molecular flexibility index (Phi) is 6.74. The summed E-state index contributed by atoms with van der Waals surface area (Å²) in [5.41, 5.74) is 2.54. The molecular weight excluding hydrogens is 302 g/mol. The highest BCUT2D eigenvalue weighted by molar-refractivity contribution is 5.79. The minimum Gasteiger partial charge on any atom is -0.357 e. The zero-order valence-corrected chi connectivity index (χ0v) is 15.0. The summed E-state index contributed by atoms with van der Waals surface area (Å²) in [5.74, 6) is 1.65. The highest BCUT2D eigenvalue weighted by Gasteiger charge is 2.05. The second-order valence-corrected chi connectivity index (χ2v) is 5.86. The fourth-order valence-corrected chi connectivity index (χ4v) is 2.36. The molecule has 0 fully saturated rings. The van der Waals surface area contributed by atoms with Gasteiger partial charge in [0.1, 0.15) is 12.2 Å². The van der Waals surface area contributed by atoms with E-state index in [1.165, 1.54) is 11.1 Å². The monoisotopic (exact) mass is 329 g/mol. The Bertz CT molecular complexity index is 660. The van der Waals surface area contributed by atoms with Crippen molar-refractivity contribution >= 4 is 5.96 Å². The number of rotatable bonds is 7. The molecule has 0 unspecified atom stereocenters. The molecule has 0 bridgehead atoms. The molecule has 0 aliphatic rings. The van der Waals surface area contributed by atoms with Gasteiger partial charge in [-0.15, -0.1) is 0 Å². The van der Waals surface area contributed by atoms with E-state index in [1.54, 1.807) is 11.0 Å². The summed E-state index contributed by atoms with van der Waals surface area (Å²) in [6.45, 7) is 5.00. The fourth-order valence-electron chi connectivity index (χ4n) is 2.36. The Morgan fingerprint density at radius 1 is 1.21 bits per heavy atom. The van der Waals surface area contributed by atoms with Crippen LogP contribution in [0.25, 0.3) is 0 Å². The number of aliphatic imine (C=N–C) groups is 1. The minimum absolute atomic E-state index is 0.585. The van der Waals surface area contributed by atoms with Gasteiger partial charge in [-0.3, -0.25) is 4.68 Å². The summed E-state index contributed by atoms with van der Waals surface area (Å²) in [6, 6.07) is 8.42. The summed E-state index contributed by atoms with van der Waals surface area (Å²) in [5, 5.41) is 10.6. The summed E-state index contributed by atoms with van der Waals surface area (Å²) in [4.78, 5) is 11.1. The van der Waals surface area contributed by atoms with E-state index in [4.69, 9.17) is 4.99 Å². The fraction of sp³-hybridized carbons (Fsp3) is 0.471. The lowest BCUT2D eigenvalue weighted by Crippen LogP contribution is -2.37. The molecule has 0 aliphatic heterocycles. The average Bonchev–Trinajstić information content (AvgIpc) is 2.96.